The molecule has 1 N–H and O–H groups in total. The third-order valence-electron chi connectivity index (χ3n) is 3.32. The van der Waals surface area contributed by atoms with Gasteiger partial charge in [-0.3, -0.25) is 4.79 Å². The summed E-state index contributed by atoms with van der Waals surface area (Å²) < 4.78 is 0. The molecule has 1 aliphatic rings. The van der Waals surface area contributed by atoms with Gasteiger partial charge in [0.1, 0.15) is 5.82 Å². The van der Waals surface area contributed by atoms with Gasteiger partial charge in [-0.05, 0) is 38.0 Å². The summed E-state index contributed by atoms with van der Waals surface area (Å²) >= 11 is 12.1. The van der Waals surface area contributed by atoms with Gasteiger partial charge in [0.2, 0.25) is 0 Å². The fourth-order valence-corrected chi connectivity index (χ4v) is 2.54. The van der Waals surface area contributed by atoms with Gasteiger partial charge in [-0.15, -0.1) is 0 Å². The van der Waals surface area contributed by atoms with E-state index >= 15 is 0 Å². The van der Waals surface area contributed by atoms with E-state index in [0.717, 1.165) is 24.2 Å². The summed E-state index contributed by atoms with van der Waals surface area (Å²) in [6, 6.07) is 5.22. The number of nitrogens with one attached hydrogen (secondary N) is 1. The van der Waals surface area contributed by atoms with Crippen molar-refractivity contribution in [1.29, 1.82) is 0 Å². The summed E-state index contributed by atoms with van der Waals surface area (Å²) in [7, 11) is 0. The van der Waals surface area contributed by atoms with E-state index < -0.39 is 0 Å². The molecule has 1 aromatic carbocycles. The zero-order valence-corrected chi connectivity index (χ0v) is 11.8. The molecule has 0 bridgehead atoms. The Balaban J connectivity index is 2.20. The molecule has 19 heavy (non-hydrogen) atoms. The van der Waals surface area contributed by atoms with Crippen LogP contribution in [0.2, 0.25) is 10.0 Å². The topological polar surface area (TPSA) is 45.8 Å². The zero-order valence-electron chi connectivity index (χ0n) is 10.3. The monoisotopic (exact) mass is 294 g/mol. The quantitative estimate of drug-likeness (QED) is 0.912. The smallest absolute Gasteiger partial charge is 0.254 e. The highest BCUT2D eigenvalue weighted by Crippen LogP contribution is 2.39. The second-order valence-electron chi connectivity index (χ2n) is 4.82. The number of benzene rings is 1. The first-order valence-corrected chi connectivity index (χ1v) is 6.88. The van der Waals surface area contributed by atoms with Crippen molar-refractivity contribution in [2.45, 2.75) is 25.7 Å². The molecule has 5 heteroatoms. The standard InChI is InChI=1S/C14H12Cl2N2O/c1-7-12(10-5-4-9(15)6-11(10)16)17-13(8-2-3-8)18-14(7)19/h4-6,8H,2-3H2,1H3,(H,17,18,19). The number of hydrogen-bond acceptors (Lipinski definition) is 2. The molecule has 0 aliphatic heterocycles. The molecule has 0 spiro atoms. The highest BCUT2D eigenvalue weighted by atomic mass is 35.5. The van der Waals surface area contributed by atoms with Crippen LogP contribution in [-0.4, -0.2) is 9.97 Å². The van der Waals surface area contributed by atoms with Crippen LogP contribution in [-0.2, 0) is 0 Å². The van der Waals surface area contributed by atoms with E-state index in [4.69, 9.17) is 23.2 Å². The second-order valence-corrected chi connectivity index (χ2v) is 5.67. The van der Waals surface area contributed by atoms with Gasteiger partial charge >= 0.3 is 0 Å². The lowest BCUT2D eigenvalue weighted by atomic mass is 10.1. The lowest BCUT2D eigenvalue weighted by Gasteiger charge is -2.09. The van der Waals surface area contributed by atoms with Crippen molar-refractivity contribution in [2.24, 2.45) is 0 Å². The minimum absolute atomic E-state index is 0.0992. The van der Waals surface area contributed by atoms with Gasteiger partial charge < -0.3 is 4.98 Å². The summed E-state index contributed by atoms with van der Waals surface area (Å²) in [6.07, 6.45) is 2.17. The predicted octanol–water partition coefficient (Wildman–Crippen LogP) is 3.93. The number of aromatic amines is 1. The molecule has 98 valence electrons. The second kappa shape index (κ2) is 4.66. The van der Waals surface area contributed by atoms with E-state index in [1.54, 1.807) is 25.1 Å². The normalized spacial score (nSPS) is 14.7. The number of nitrogens with zero attached hydrogens (tertiary/aromatic N) is 1. The van der Waals surface area contributed by atoms with Crippen LogP contribution in [0.15, 0.2) is 23.0 Å². The first kappa shape index (κ1) is 12.7. The van der Waals surface area contributed by atoms with Crippen LogP contribution in [0.4, 0.5) is 0 Å². The minimum Gasteiger partial charge on any atom is -0.310 e. The van der Waals surface area contributed by atoms with Crippen molar-refractivity contribution < 1.29 is 0 Å². The molecule has 1 aliphatic carbocycles. The molecule has 0 radical (unpaired) electrons. The lowest BCUT2D eigenvalue weighted by Crippen LogP contribution is -2.15. The van der Waals surface area contributed by atoms with E-state index in [0.29, 0.717) is 27.2 Å². The zero-order chi connectivity index (χ0) is 13.6. The molecule has 1 heterocycles. The number of rotatable bonds is 2. The Morgan fingerprint density at radius 1 is 1.32 bits per heavy atom. The first-order chi connectivity index (χ1) is 9.06. The van der Waals surface area contributed by atoms with Crippen molar-refractivity contribution in [3.8, 4) is 11.3 Å². The van der Waals surface area contributed by atoms with Crippen molar-refractivity contribution in [2.75, 3.05) is 0 Å². The maximum atomic E-state index is 12.0. The molecule has 3 nitrogen and oxygen atoms in total. The third-order valence-corrected chi connectivity index (χ3v) is 3.87. The fourth-order valence-electron chi connectivity index (χ4n) is 2.04. The third kappa shape index (κ3) is 2.40. The van der Waals surface area contributed by atoms with Crippen LogP contribution in [0, 0.1) is 6.92 Å². The molecule has 1 fully saturated rings. The van der Waals surface area contributed by atoms with Crippen molar-refractivity contribution in [3.05, 3.63) is 50.0 Å². The molecular formula is C14H12Cl2N2O. The Labute approximate surface area is 120 Å². The van der Waals surface area contributed by atoms with E-state index in [9.17, 15) is 4.79 Å². The Morgan fingerprint density at radius 3 is 2.68 bits per heavy atom. The molecule has 1 aromatic heterocycles. The van der Waals surface area contributed by atoms with E-state index in [1.807, 2.05) is 0 Å². The molecule has 0 unspecified atom stereocenters. The summed E-state index contributed by atoms with van der Waals surface area (Å²) in [4.78, 5) is 19.4. The largest absolute Gasteiger partial charge is 0.310 e. The maximum Gasteiger partial charge on any atom is 0.254 e. The molecule has 0 saturated heterocycles. The van der Waals surface area contributed by atoms with Crippen LogP contribution in [0.3, 0.4) is 0 Å². The maximum absolute atomic E-state index is 12.0. The molecular weight excluding hydrogens is 283 g/mol. The van der Waals surface area contributed by atoms with Crippen LogP contribution in [0.1, 0.15) is 30.1 Å². The molecule has 0 amide bonds. The van der Waals surface area contributed by atoms with Crippen molar-refractivity contribution >= 4 is 23.2 Å². The van der Waals surface area contributed by atoms with Gasteiger partial charge in [0.15, 0.2) is 0 Å². The molecule has 3 rings (SSSR count). The van der Waals surface area contributed by atoms with Crippen molar-refractivity contribution in [1.82, 2.24) is 9.97 Å². The highest BCUT2D eigenvalue weighted by Gasteiger charge is 2.27. The minimum atomic E-state index is -0.0992. The first-order valence-electron chi connectivity index (χ1n) is 6.12. The van der Waals surface area contributed by atoms with Crippen LogP contribution in [0.5, 0.6) is 0 Å². The Kier molecular flexibility index (Phi) is 3.11. The number of H-pyrrole nitrogens is 1. The van der Waals surface area contributed by atoms with Crippen LogP contribution in [0.25, 0.3) is 11.3 Å². The van der Waals surface area contributed by atoms with E-state index in [1.165, 1.54) is 0 Å². The number of hydrogen-bond donors (Lipinski definition) is 1. The van der Waals surface area contributed by atoms with Crippen LogP contribution >= 0.6 is 23.2 Å². The summed E-state index contributed by atoms with van der Waals surface area (Å²) in [5.74, 6) is 1.15. The average Bonchev–Trinajstić information content (AvgIpc) is 3.17. The van der Waals surface area contributed by atoms with Gasteiger partial charge in [0, 0.05) is 22.1 Å². The van der Waals surface area contributed by atoms with Gasteiger partial charge in [0.25, 0.3) is 5.56 Å². The predicted molar refractivity (Wildman–Crippen MR) is 77.0 cm³/mol. The summed E-state index contributed by atoms with van der Waals surface area (Å²) in [5, 5.41) is 1.08. The molecule has 2 aromatic rings. The van der Waals surface area contributed by atoms with E-state index in [-0.39, 0.29) is 5.56 Å². The highest BCUT2D eigenvalue weighted by molar-refractivity contribution is 6.36. The average molecular weight is 295 g/mol. The summed E-state index contributed by atoms with van der Waals surface area (Å²) in [5.41, 5.74) is 1.87. The lowest BCUT2D eigenvalue weighted by molar-refractivity contribution is 0.901. The van der Waals surface area contributed by atoms with Gasteiger partial charge in [-0.25, -0.2) is 4.98 Å². The Hall–Kier alpha value is -1.32. The SMILES string of the molecule is Cc1c(-c2ccc(Cl)cc2Cl)nc(C2CC2)[nH]c1=O. The van der Waals surface area contributed by atoms with Gasteiger partial charge in [-0.2, -0.15) is 0 Å². The number of halogens is 2. The number of aromatic nitrogens is 2. The van der Waals surface area contributed by atoms with Gasteiger partial charge in [0.05, 0.1) is 10.7 Å². The molecule has 1 saturated carbocycles. The fraction of sp³-hybridized carbons (Fsp3) is 0.286. The van der Waals surface area contributed by atoms with E-state index in [2.05, 4.69) is 9.97 Å². The molecule has 0 atom stereocenters. The van der Waals surface area contributed by atoms with Gasteiger partial charge in [-0.1, -0.05) is 23.2 Å². The van der Waals surface area contributed by atoms with Crippen molar-refractivity contribution in [3.63, 3.8) is 0 Å². The Bertz CT molecular complexity index is 705. The van der Waals surface area contributed by atoms with Crippen LogP contribution < -0.4 is 5.56 Å². The Morgan fingerprint density at radius 2 is 2.05 bits per heavy atom. The summed E-state index contributed by atoms with van der Waals surface area (Å²) in [6.45, 7) is 1.75.